The molecule has 1 heterocycles. The van der Waals surface area contributed by atoms with Gasteiger partial charge in [0.15, 0.2) is 0 Å². The van der Waals surface area contributed by atoms with Gasteiger partial charge >= 0.3 is 12.3 Å². The molecule has 1 aromatic rings. The number of fused-ring (bicyclic) bond motifs is 1. The molecule has 2 rings (SSSR count). The van der Waals surface area contributed by atoms with Crippen molar-refractivity contribution in [1.29, 1.82) is 0 Å². The SMILES string of the molecule is O=C(OCCO[N+](=O)[O-])OCC1(C(F)(F)F)C=Cc2cc(Cl)cc(Cl)c2O1. The Hall–Kier alpha value is -2.40. The third-order valence-electron chi connectivity index (χ3n) is 3.24. The summed E-state index contributed by atoms with van der Waals surface area (Å²) in [5, 5.41) is 8.84. The molecule has 148 valence electrons. The number of nitrogens with zero attached hydrogens (tertiary/aromatic N) is 1. The van der Waals surface area contributed by atoms with Crippen LogP contribution in [0.3, 0.4) is 0 Å². The first-order valence-electron chi connectivity index (χ1n) is 7.05. The summed E-state index contributed by atoms with van der Waals surface area (Å²) in [5.41, 5.74) is -2.79. The van der Waals surface area contributed by atoms with E-state index in [0.717, 1.165) is 6.08 Å². The summed E-state index contributed by atoms with van der Waals surface area (Å²) in [5.74, 6) is -0.280. The molecule has 27 heavy (non-hydrogen) atoms. The van der Waals surface area contributed by atoms with E-state index in [1.54, 1.807) is 0 Å². The topological polar surface area (TPSA) is 97.1 Å². The van der Waals surface area contributed by atoms with E-state index >= 15 is 0 Å². The number of halogens is 5. The van der Waals surface area contributed by atoms with Crippen molar-refractivity contribution in [2.45, 2.75) is 11.8 Å². The van der Waals surface area contributed by atoms with Crippen molar-refractivity contribution < 1.29 is 42.1 Å². The molecule has 0 amide bonds. The van der Waals surface area contributed by atoms with E-state index in [2.05, 4.69) is 14.3 Å². The van der Waals surface area contributed by atoms with Gasteiger partial charge in [-0.1, -0.05) is 29.3 Å². The number of benzene rings is 1. The molecule has 1 aromatic carbocycles. The molecule has 1 aliphatic heterocycles. The number of ether oxygens (including phenoxy) is 3. The molecule has 0 saturated heterocycles. The lowest BCUT2D eigenvalue weighted by Crippen LogP contribution is -2.53. The maximum Gasteiger partial charge on any atom is 0.508 e. The average molecular weight is 432 g/mol. The third-order valence-corrected chi connectivity index (χ3v) is 3.74. The standard InChI is InChI=1S/C14H10Cl2F3NO7/c15-9-5-8-1-2-13(14(17,18)19,27-11(8)10(16)6-9)7-25-12(21)24-3-4-26-20(22)23/h1-2,5-6H,3-4,7H2. The van der Waals surface area contributed by atoms with Gasteiger partial charge in [0.05, 0.1) is 5.02 Å². The summed E-state index contributed by atoms with van der Waals surface area (Å²) in [6.45, 7) is -2.48. The highest BCUT2D eigenvalue weighted by molar-refractivity contribution is 6.36. The van der Waals surface area contributed by atoms with Crippen LogP contribution in [-0.2, 0) is 14.3 Å². The molecule has 0 saturated carbocycles. The molecule has 0 radical (unpaired) electrons. The van der Waals surface area contributed by atoms with Crippen LogP contribution in [0, 0.1) is 10.1 Å². The Morgan fingerprint density at radius 1 is 1.26 bits per heavy atom. The number of hydrogen-bond acceptors (Lipinski definition) is 7. The van der Waals surface area contributed by atoms with Gasteiger partial charge in [-0.15, -0.1) is 10.1 Å². The smallest absolute Gasteiger partial charge is 0.468 e. The fourth-order valence-electron chi connectivity index (χ4n) is 2.01. The van der Waals surface area contributed by atoms with Crippen LogP contribution in [-0.4, -0.2) is 42.8 Å². The summed E-state index contributed by atoms with van der Waals surface area (Å²) in [6, 6.07) is 2.55. The minimum absolute atomic E-state index is 0.157. The highest BCUT2D eigenvalue weighted by atomic mass is 35.5. The fraction of sp³-hybridized carbons (Fsp3) is 0.357. The van der Waals surface area contributed by atoms with E-state index in [9.17, 15) is 28.1 Å². The lowest BCUT2D eigenvalue weighted by molar-refractivity contribution is -0.757. The second kappa shape index (κ2) is 8.09. The van der Waals surface area contributed by atoms with Crippen molar-refractivity contribution in [1.82, 2.24) is 0 Å². The zero-order chi connectivity index (χ0) is 20.2. The number of carbonyl (C=O) groups is 1. The van der Waals surface area contributed by atoms with Gasteiger partial charge in [-0.05, 0) is 18.2 Å². The molecular weight excluding hydrogens is 422 g/mol. The zero-order valence-corrected chi connectivity index (χ0v) is 14.6. The molecule has 0 fully saturated rings. The molecule has 1 unspecified atom stereocenters. The van der Waals surface area contributed by atoms with Crippen molar-refractivity contribution >= 4 is 35.4 Å². The summed E-state index contributed by atoms with van der Waals surface area (Å²) < 4.78 is 54.6. The molecular formula is C14H10Cl2F3NO7. The van der Waals surface area contributed by atoms with Gasteiger partial charge < -0.3 is 19.0 Å². The first-order chi connectivity index (χ1) is 12.5. The monoisotopic (exact) mass is 431 g/mol. The Labute approximate surface area is 159 Å². The lowest BCUT2D eigenvalue weighted by atomic mass is 9.98. The molecule has 0 aliphatic carbocycles. The molecule has 0 spiro atoms. The number of carbonyl (C=O) groups excluding carboxylic acids is 1. The van der Waals surface area contributed by atoms with Crippen molar-refractivity contribution in [2.24, 2.45) is 0 Å². The van der Waals surface area contributed by atoms with Crippen LogP contribution in [0.5, 0.6) is 5.75 Å². The van der Waals surface area contributed by atoms with E-state index in [4.69, 9.17) is 27.9 Å². The maximum atomic E-state index is 13.6. The predicted molar refractivity (Wildman–Crippen MR) is 85.2 cm³/mol. The Bertz CT molecular complexity index is 772. The van der Waals surface area contributed by atoms with E-state index < -0.39 is 42.8 Å². The van der Waals surface area contributed by atoms with Crippen LogP contribution in [0.2, 0.25) is 10.0 Å². The number of hydrogen-bond donors (Lipinski definition) is 0. The van der Waals surface area contributed by atoms with Gasteiger partial charge in [-0.3, -0.25) is 0 Å². The fourth-order valence-corrected chi connectivity index (χ4v) is 2.56. The van der Waals surface area contributed by atoms with Crippen molar-refractivity contribution in [2.75, 3.05) is 19.8 Å². The minimum Gasteiger partial charge on any atom is -0.468 e. The van der Waals surface area contributed by atoms with Gasteiger partial charge in [0.1, 0.15) is 25.6 Å². The normalized spacial score (nSPS) is 18.3. The molecule has 8 nitrogen and oxygen atoms in total. The highest BCUT2D eigenvalue weighted by Crippen LogP contribution is 2.45. The Morgan fingerprint density at radius 3 is 2.59 bits per heavy atom. The maximum absolute atomic E-state index is 13.6. The summed E-state index contributed by atoms with van der Waals surface area (Å²) >= 11 is 11.7. The van der Waals surface area contributed by atoms with Gasteiger partial charge in [0.2, 0.25) is 0 Å². The summed E-state index contributed by atoms with van der Waals surface area (Å²) in [6.07, 6.45) is -4.72. The van der Waals surface area contributed by atoms with E-state index in [0.29, 0.717) is 6.08 Å². The van der Waals surface area contributed by atoms with Crippen LogP contribution >= 0.6 is 23.2 Å². The van der Waals surface area contributed by atoms with Gasteiger partial charge in [-0.2, -0.15) is 13.2 Å². The quantitative estimate of drug-likeness (QED) is 0.290. The minimum atomic E-state index is -4.97. The van der Waals surface area contributed by atoms with Crippen LogP contribution in [0.4, 0.5) is 18.0 Å². The predicted octanol–water partition coefficient (Wildman–Crippen LogP) is 4.06. The van der Waals surface area contributed by atoms with Crippen molar-refractivity contribution in [3.8, 4) is 5.75 Å². The number of alkyl halides is 3. The van der Waals surface area contributed by atoms with Crippen LogP contribution in [0.1, 0.15) is 5.56 Å². The molecule has 0 bridgehead atoms. The first-order valence-corrected chi connectivity index (χ1v) is 7.80. The van der Waals surface area contributed by atoms with Crippen LogP contribution in [0.15, 0.2) is 18.2 Å². The number of rotatable bonds is 6. The van der Waals surface area contributed by atoms with Crippen LogP contribution < -0.4 is 4.74 Å². The van der Waals surface area contributed by atoms with Crippen LogP contribution in [0.25, 0.3) is 6.08 Å². The van der Waals surface area contributed by atoms with Gasteiger partial charge in [0.25, 0.3) is 10.7 Å². The Morgan fingerprint density at radius 2 is 1.96 bits per heavy atom. The molecule has 13 heteroatoms. The lowest BCUT2D eigenvalue weighted by Gasteiger charge is -2.35. The Balaban J connectivity index is 2.09. The van der Waals surface area contributed by atoms with Gasteiger partial charge in [-0.25, -0.2) is 4.79 Å². The Kier molecular flexibility index (Phi) is 6.26. The first kappa shape index (κ1) is 20.9. The molecule has 1 atom stereocenters. The molecule has 1 aliphatic rings. The van der Waals surface area contributed by atoms with E-state index in [1.165, 1.54) is 12.1 Å². The highest BCUT2D eigenvalue weighted by Gasteiger charge is 2.58. The molecule has 0 aromatic heterocycles. The van der Waals surface area contributed by atoms with E-state index in [1.807, 2.05) is 0 Å². The third kappa shape index (κ3) is 5.07. The van der Waals surface area contributed by atoms with Gasteiger partial charge in [0, 0.05) is 10.6 Å². The summed E-state index contributed by atoms with van der Waals surface area (Å²) in [4.78, 5) is 25.2. The van der Waals surface area contributed by atoms with E-state index in [-0.39, 0.29) is 21.4 Å². The molecule has 0 N–H and O–H groups in total. The largest absolute Gasteiger partial charge is 0.508 e. The summed E-state index contributed by atoms with van der Waals surface area (Å²) in [7, 11) is 0. The van der Waals surface area contributed by atoms with Crippen molar-refractivity contribution in [3.63, 3.8) is 0 Å². The van der Waals surface area contributed by atoms with Crippen molar-refractivity contribution in [3.05, 3.63) is 43.9 Å². The average Bonchev–Trinajstić information content (AvgIpc) is 2.56. The second-order valence-electron chi connectivity index (χ2n) is 5.07. The zero-order valence-electron chi connectivity index (χ0n) is 13.1. The second-order valence-corrected chi connectivity index (χ2v) is 5.92.